The van der Waals surface area contributed by atoms with Gasteiger partial charge in [-0.1, -0.05) is 38.8 Å². The van der Waals surface area contributed by atoms with Crippen LogP contribution in [0.2, 0.25) is 0 Å². The minimum atomic E-state index is 0.0382. The summed E-state index contributed by atoms with van der Waals surface area (Å²) < 4.78 is 1.82. The van der Waals surface area contributed by atoms with Crippen molar-refractivity contribution in [3.05, 3.63) is 40.4 Å². The Morgan fingerprint density at radius 1 is 1.07 bits per heavy atom. The van der Waals surface area contributed by atoms with E-state index in [2.05, 4.69) is 18.7 Å². The first-order valence-corrected chi connectivity index (χ1v) is 11.1. The quantitative estimate of drug-likeness (QED) is 0.638. The van der Waals surface area contributed by atoms with Crippen LogP contribution in [-0.2, 0) is 11.3 Å². The van der Waals surface area contributed by atoms with Gasteiger partial charge in [-0.05, 0) is 31.9 Å². The molecule has 1 fully saturated rings. The molecule has 0 N–H and O–H groups in total. The van der Waals surface area contributed by atoms with Crippen molar-refractivity contribution in [1.29, 1.82) is 0 Å². The molecule has 6 nitrogen and oxygen atoms in total. The van der Waals surface area contributed by atoms with E-state index in [9.17, 15) is 9.59 Å². The van der Waals surface area contributed by atoms with Gasteiger partial charge in [-0.25, -0.2) is 4.98 Å². The Morgan fingerprint density at radius 3 is 2.45 bits per heavy atom. The molecule has 1 atom stereocenters. The lowest BCUT2D eigenvalue weighted by Crippen LogP contribution is -2.50. The predicted octanol–water partition coefficient (Wildman–Crippen LogP) is 3.59. The third kappa shape index (κ3) is 4.69. The van der Waals surface area contributed by atoms with Crippen LogP contribution in [-0.4, -0.2) is 51.4 Å². The summed E-state index contributed by atoms with van der Waals surface area (Å²) in [5.74, 6) is 1.13. The van der Waals surface area contributed by atoms with Gasteiger partial charge in [-0.15, -0.1) is 0 Å². The predicted molar refractivity (Wildman–Crippen MR) is 117 cm³/mol. The maximum absolute atomic E-state index is 13.0. The summed E-state index contributed by atoms with van der Waals surface area (Å²) in [5, 5.41) is 0.676. The van der Waals surface area contributed by atoms with Gasteiger partial charge in [-0.3, -0.25) is 19.1 Å². The fourth-order valence-electron chi connectivity index (χ4n) is 4.32. The van der Waals surface area contributed by atoms with Crippen molar-refractivity contribution >= 4 is 16.8 Å². The molecule has 29 heavy (non-hydrogen) atoms. The van der Waals surface area contributed by atoms with Gasteiger partial charge in [0.1, 0.15) is 5.82 Å². The zero-order valence-electron chi connectivity index (χ0n) is 18.1. The molecule has 2 heterocycles. The van der Waals surface area contributed by atoms with Crippen LogP contribution >= 0.6 is 0 Å². The Balaban J connectivity index is 1.77. The average Bonchev–Trinajstić information content (AvgIpc) is 2.75. The van der Waals surface area contributed by atoms with Crippen molar-refractivity contribution in [2.75, 3.05) is 26.2 Å². The summed E-state index contributed by atoms with van der Waals surface area (Å²) >= 11 is 0. The number of hydrogen-bond donors (Lipinski definition) is 0. The zero-order chi connectivity index (χ0) is 20.8. The van der Waals surface area contributed by atoms with Crippen molar-refractivity contribution in [3.8, 4) is 0 Å². The van der Waals surface area contributed by atoms with E-state index in [4.69, 9.17) is 4.98 Å². The molecule has 1 aliphatic heterocycles. The van der Waals surface area contributed by atoms with Gasteiger partial charge in [0.2, 0.25) is 5.91 Å². The van der Waals surface area contributed by atoms with Gasteiger partial charge in [0, 0.05) is 39.1 Å². The van der Waals surface area contributed by atoms with E-state index < -0.39 is 0 Å². The second kappa shape index (κ2) is 10.0. The monoisotopic (exact) mass is 398 g/mol. The first kappa shape index (κ1) is 21.5. The number of carbonyl (C=O) groups is 1. The Kier molecular flexibility index (Phi) is 7.42. The summed E-state index contributed by atoms with van der Waals surface area (Å²) in [7, 11) is 0. The summed E-state index contributed by atoms with van der Waals surface area (Å²) in [6, 6.07) is 7.67. The van der Waals surface area contributed by atoms with Gasteiger partial charge in [0.25, 0.3) is 5.56 Å². The summed E-state index contributed by atoms with van der Waals surface area (Å²) in [6.07, 6.45) is 4.78. The average molecular weight is 399 g/mol. The third-order valence-electron chi connectivity index (χ3n) is 5.99. The van der Waals surface area contributed by atoms with E-state index in [1.807, 2.05) is 40.7 Å². The van der Waals surface area contributed by atoms with E-state index in [0.29, 0.717) is 18.4 Å². The summed E-state index contributed by atoms with van der Waals surface area (Å²) in [4.78, 5) is 34.7. The smallest absolute Gasteiger partial charge is 0.261 e. The highest BCUT2D eigenvalue weighted by Gasteiger charge is 2.28. The van der Waals surface area contributed by atoms with E-state index in [-0.39, 0.29) is 17.5 Å². The molecule has 0 aliphatic carbocycles. The van der Waals surface area contributed by atoms with Crippen LogP contribution in [0.25, 0.3) is 10.9 Å². The third-order valence-corrected chi connectivity index (χ3v) is 5.99. The Labute approximate surface area is 173 Å². The molecule has 1 aliphatic rings. The molecule has 1 saturated heterocycles. The molecule has 0 radical (unpaired) electrons. The number of hydrogen-bond acceptors (Lipinski definition) is 4. The second-order valence-electron chi connectivity index (χ2n) is 7.83. The number of amides is 1. The topological polar surface area (TPSA) is 58.4 Å². The molecule has 0 spiro atoms. The molecule has 1 aromatic carbocycles. The van der Waals surface area contributed by atoms with E-state index >= 15 is 0 Å². The highest BCUT2D eigenvalue weighted by molar-refractivity contribution is 5.77. The number of piperazine rings is 1. The molecule has 1 unspecified atom stereocenters. The maximum Gasteiger partial charge on any atom is 0.261 e. The Hall–Kier alpha value is -2.21. The van der Waals surface area contributed by atoms with Crippen LogP contribution in [0, 0.1) is 0 Å². The van der Waals surface area contributed by atoms with E-state index in [1.54, 1.807) is 0 Å². The first-order valence-electron chi connectivity index (χ1n) is 11.1. The first-order chi connectivity index (χ1) is 14.1. The fraction of sp³-hybridized carbons (Fsp3) is 0.609. The van der Waals surface area contributed by atoms with Gasteiger partial charge in [0.15, 0.2) is 0 Å². The van der Waals surface area contributed by atoms with Crippen molar-refractivity contribution in [3.63, 3.8) is 0 Å². The van der Waals surface area contributed by atoms with Crippen LogP contribution < -0.4 is 5.56 Å². The minimum absolute atomic E-state index is 0.0382. The molecular weight excluding hydrogens is 364 g/mol. The largest absolute Gasteiger partial charge is 0.340 e. The van der Waals surface area contributed by atoms with E-state index in [0.717, 1.165) is 63.2 Å². The molecule has 2 aromatic rings. The van der Waals surface area contributed by atoms with Crippen molar-refractivity contribution < 1.29 is 4.79 Å². The SMILES string of the molecule is CCCCCC(=O)N1CCN(C(CC)c2nc3ccccc3c(=O)n2CC)CC1. The number of aromatic nitrogens is 2. The van der Waals surface area contributed by atoms with Crippen LogP contribution in [0.4, 0.5) is 0 Å². The van der Waals surface area contributed by atoms with Gasteiger partial charge < -0.3 is 4.90 Å². The summed E-state index contributed by atoms with van der Waals surface area (Å²) in [6.45, 7) is 10.1. The van der Waals surface area contributed by atoms with Crippen LogP contribution in [0.1, 0.15) is 64.7 Å². The lowest BCUT2D eigenvalue weighted by atomic mass is 10.1. The minimum Gasteiger partial charge on any atom is -0.340 e. The number of benzene rings is 1. The molecule has 6 heteroatoms. The number of carbonyl (C=O) groups excluding carboxylic acids is 1. The van der Waals surface area contributed by atoms with Crippen LogP contribution in [0.5, 0.6) is 0 Å². The van der Waals surface area contributed by atoms with Crippen molar-refractivity contribution in [2.24, 2.45) is 0 Å². The highest BCUT2D eigenvalue weighted by atomic mass is 16.2. The number of unbranched alkanes of at least 4 members (excludes halogenated alkanes) is 2. The number of para-hydroxylation sites is 1. The van der Waals surface area contributed by atoms with Crippen molar-refractivity contribution in [1.82, 2.24) is 19.4 Å². The molecule has 1 amide bonds. The second-order valence-corrected chi connectivity index (χ2v) is 7.83. The van der Waals surface area contributed by atoms with Crippen molar-refractivity contribution in [2.45, 2.75) is 65.5 Å². The molecule has 3 rings (SSSR count). The van der Waals surface area contributed by atoms with Gasteiger partial charge in [-0.2, -0.15) is 0 Å². The lowest BCUT2D eigenvalue weighted by Gasteiger charge is -2.39. The fourth-order valence-corrected chi connectivity index (χ4v) is 4.32. The molecule has 0 saturated carbocycles. The number of nitrogens with zero attached hydrogens (tertiary/aromatic N) is 4. The van der Waals surface area contributed by atoms with E-state index in [1.165, 1.54) is 0 Å². The lowest BCUT2D eigenvalue weighted by molar-refractivity contribution is -0.133. The maximum atomic E-state index is 13.0. The van der Waals surface area contributed by atoms with Crippen LogP contribution in [0.3, 0.4) is 0 Å². The Bertz CT molecular complexity index is 884. The highest BCUT2D eigenvalue weighted by Crippen LogP contribution is 2.25. The van der Waals surface area contributed by atoms with Gasteiger partial charge in [0.05, 0.1) is 16.9 Å². The number of fused-ring (bicyclic) bond motifs is 1. The number of rotatable bonds is 8. The molecule has 1 aromatic heterocycles. The standard InChI is InChI=1S/C23H34N4O2/c1-4-7-8-13-21(28)26-16-14-25(15-17-26)20(5-2)22-24-19-12-10-9-11-18(19)23(29)27(22)6-3/h9-12,20H,4-8,13-17H2,1-3H3. The molecule has 158 valence electrons. The molecule has 0 bridgehead atoms. The van der Waals surface area contributed by atoms with Gasteiger partial charge >= 0.3 is 0 Å². The van der Waals surface area contributed by atoms with Crippen LogP contribution in [0.15, 0.2) is 29.1 Å². The summed E-state index contributed by atoms with van der Waals surface area (Å²) in [5.41, 5.74) is 0.802. The normalized spacial score (nSPS) is 16.3. The molecular formula is C23H34N4O2. The Morgan fingerprint density at radius 2 is 1.79 bits per heavy atom. The zero-order valence-corrected chi connectivity index (χ0v) is 18.1.